The Morgan fingerprint density at radius 3 is 2.46 bits per heavy atom. The molecule has 0 bridgehead atoms. The molecule has 0 aromatic heterocycles. The first-order valence-corrected chi connectivity index (χ1v) is 13.2. The van der Waals surface area contributed by atoms with Crippen molar-refractivity contribution in [2.45, 2.75) is 39.2 Å². The number of nitrogens with zero attached hydrogens (tertiary/aromatic N) is 4. The summed E-state index contributed by atoms with van der Waals surface area (Å²) < 4.78 is 19.1. The van der Waals surface area contributed by atoms with Crippen LogP contribution in [0.25, 0.3) is 0 Å². The van der Waals surface area contributed by atoms with Gasteiger partial charge in [0.05, 0.1) is 25.0 Å². The maximum absolute atomic E-state index is 13.7. The number of aryl methyl sites for hydroxylation is 2. The Balaban J connectivity index is 1.37. The van der Waals surface area contributed by atoms with E-state index in [9.17, 15) is 14.0 Å². The average Bonchev–Trinajstić information content (AvgIpc) is 3.67. The highest BCUT2D eigenvalue weighted by molar-refractivity contribution is 6.03. The first-order valence-electron chi connectivity index (χ1n) is 13.2. The number of hydrogen-bond donors (Lipinski definition) is 0. The fourth-order valence-electron chi connectivity index (χ4n) is 4.96. The number of morpholine rings is 1. The molecule has 3 aliphatic rings. The SMILES string of the molecule is Cc1ccc(C2=NN(C(=O)CN(CCN3CCOCC3)C(=O)C3CC3)[C@H](c3ccc(F)cc3)C2)cc1C. The van der Waals surface area contributed by atoms with Gasteiger partial charge in [0.15, 0.2) is 0 Å². The quantitative estimate of drug-likeness (QED) is 0.548. The Hall–Kier alpha value is -3.10. The number of rotatable bonds is 8. The van der Waals surface area contributed by atoms with E-state index in [1.807, 2.05) is 6.07 Å². The first kappa shape index (κ1) is 25.5. The van der Waals surface area contributed by atoms with Crippen LogP contribution in [0.4, 0.5) is 4.39 Å². The fraction of sp³-hybridized carbons (Fsp3) is 0.483. The summed E-state index contributed by atoms with van der Waals surface area (Å²) in [5, 5.41) is 6.29. The second-order valence-corrected chi connectivity index (χ2v) is 10.3. The van der Waals surface area contributed by atoms with Crippen LogP contribution in [0.15, 0.2) is 47.6 Å². The zero-order chi connectivity index (χ0) is 25.9. The minimum Gasteiger partial charge on any atom is -0.379 e. The second-order valence-electron chi connectivity index (χ2n) is 10.3. The molecule has 2 amide bonds. The lowest BCUT2D eigenvalue weighted by molar-refractivity contribution is -0.142. The summed E-state index contributed by atoms with van der Waals surface area (Å²) in [5.74, 6) is -0.459. The summed E-state index contributed by atoms with van der Waals surface area (Å²) in [6, 6.07) is 12.1. The summed E-state index contributed by atoms with van der Waals surface area (Å²) in [4.78, 5) is 30.8. The van der Waals surface area contributed by atoms with Gasteiger partial charge in [-0.05, 0) is 67.1 Å². The molecular formula is C29H35FN4O3. The number of amides is 2. The molecule has 8 heteroatoms. The molecule has 196 valence electrons. The number of hydrazone groups is 1. The third kappa shape index (κ3) is 6.08. The van der Waals surface area contributed by atoms with Crippen LogP contribution in [0.3, 0.4) is 0 Å². The Morgan fingerprint density at radius 2 is 1.78 bits per heavy atom. The minimum absolute atomic E-state index is 0.0128. The first-order chi connectivity index (χ1) is 17.9. The molecule has 1 saturated heterocycles. The summed E-state index contributed by atoms with van der Waals surface area (Å²) in [7, 11) is 0. The highest BCUT2D eigenvalue weighted by atomic mass is 19.1. The average molecular weight is 507 g/mol. The largest absolute Gasteiger partial charge is 0.379 e. The van der Waals surface area contributed by atoms with Crippen LogP contribution in [-0.2, 0) is 14.3 Å². The fourth-order valence-corrected chi connectivity index (χ4v) is 4.96. The van der Waals surface area contributed by atoms with Gasteiger partial charge in [0.25, 0.3) is 5.91 Å². The van der Waals surface area contributed by atoms with E-state index in [4.69, 9.17) is 9.84 Å². The molecule has 0 N–H and O–H groups in total. The molecule has 37 heavy (non-hydrogen) atoms. The highest BCUT2D eigenvalue weighted by Crippen LogP contribution is 2.34. The van der Waals surface area contributed by atoms with Crippen LogP contribution in [0.1, 0.15) is 47.6 Å². The van der Waals surface area contributed by atoms with E-state index in [-0.39, 0.29) is 36.1 Å². The molecule has 2 fully saturated rings. The molecular weight excluding hydrogens is 471 g/mol. The molecule has 2 aromatic rings. The van der Waals surface area contributed by atoms with Gasteiger partial charge in [-0.3, -0.25) is 14.5 Å². The maximum Gasteiger partial charge on any atom is 0.262 e. The van der Waals surface area contributed by atoms with Crippen molar-refractivity contribution in [2.75, 3.05) is 45.9 Å². The van der Waals surface area contributed by atoms with Crippen molar-refractivity contribution in [2.24, 2.45) is 11.0 Å². The molecule has 2 aromatic carbocycles. The summed E-state index contributed by atoms with van der Waals surface area (Å²) in [6.45, 7) is 8.39. The van der Waals surface area contributed by atoms with Crippen LogP contribution >= 0.6 is 0 Å². The third-order valence-electron chi connectivity index (χ3n) is 7.62. The molecule has 1 aliphatic carbocycles. The molecule has 0 unspecified atom stereocenters. The Morgan fingerprint density at radius 1 is 1.05 bits per heavy atom. The van der Waals surface area contributed by atoms with Crippen molar-refractivity contribution in [1.82, 2.24) is 14.8 Å². The lowest BCUT2D eigenvalue weighted by Gasteiger charge is -2.31. The zero-order valence-electron chi connectivity index (χ0n) is 21.7. The third-order valence-corrected chi connectivity index (χ3v) is 7.62. The number of carbonyl (C=O) groups excluding carboxylic acids is 2. The van der Waals surface area contributed by atoms with E-state index in [0.29, 0.717) is 32.7 Å². The number of ether oxygens (including phenoxy) is 1. The minimum atomic E-state index is -0.346. The van der Waals surface area contributed by atoms with Gasteiger partial charge in [-0.15, -0.1) is 0 Å². The van der Waals surface area contributed by atoms with Crippen molar-refractivity contribution in [1.29, 1.82) is 0 Å². The molecule has 2 heterocycles. The topological polar surface area (TPSA) is 65.5 Å². The van der Waals surface area contributed by atoms with E-state index in [0.717, 1.165) is 48.3 Å². The molecule has 1 saturated carbocycles. The Labute approximate surface area is 217 Å². The number of benzene rings is 2. The van der Waals surface area contributed by atoms with Crippen molar-refractivity contribution < 1.29 is 18.7 Å². The number of hydrogen-bond acceptors (Lipinski definition) is 5. The van der Waals surface area contributed by atoms with E-state index in [2.05, 4.69) is 30.9 Å². The Bertz CT molecular complexity index is 1170. The smallest absolute Gasteiger partial charge is 0.262 e. The summed E-state index contributed by atoms with van der Waals surface area (Å²) >= 11 is 0. The molecule has 5 rings (SSSR count). The lowest BCUT2D eigenvalue weighted by Crippen LogP contribution is -2.47. The van der Waals surface area contributed by atoms with E-state index in [1.165, 1.54) is 22.7 Å². The van der Waals surface area contributed by atoms with Gasteiger partial charge < -0.3 is 9.64 Å². The van der Waals surface area contributed by atoms with Crippen LogP contribution < -0.4 is 0 Å². The van der Waals surface area contributed by atoms with E-state index in [1.54, 1.807) is 17.0 Å². The summed E-state index contributed by atoms with van der Waals surface area (Å²) in [6.07, 6.45) is 2.31. The van der Waals surface area contributed by atoms with Gasteiger partial charge in [0.1, 0.15) is 12.4 Å². The molecule has 0 radical (unpaired) electrons. The number of carbonyl (C=O) groups is 2. The second kappa shape index (κ2) is 11.1. The predicted octanol–water partition coefficient (Wildman–Crippen LogP) is 3.69. The molecule has 1 atom stereocenters. The van der Waals surface area contributed by atoms with Crippen molar-refractivity contribution in [3.05, 3.63) is 70.5 Å². The van der Waals surface area contributed by atoms with Crippen LogP contribution in [0, 0.1) is 25.6 Å². The normalized spacial score (nSPS) is 20.1. The molecule has 7 nitrogen and oxygen atoms in total. The van der Waals surface area contributed by atoms with E-state index >= 15 is 0 Å². The number of halogens is 1. The van der Waals surface area contributed by atoms with Crippen LogP contribution in [0.5, 0.6) is 0 Å². The molecule has 2 aliphatic heterocycles. The van der Waals surface area contributed by atoms with Gasteiger partial charge in [-0.25, -0.2) is 9.40 Å². The van der Waals surface area contributed by atoms with Gasteiger partial charge in [-0.2, -0.15) is 5.10 Å². The van der Waals surface area contributed by atoms with Crippen LogP contribution in [0.2, 0.25) is 0 Å². The van der Waals surface area contributed by atoms with Gasteiger partial charge in [-0.1, -0.05) is 24.3 Å². The standard InChI is InChI=1S/C29H35FN4O3/c1-20-3-4-24(17-21(20)2)26-18-27(22-7-9-25(30)10-8-22)34(31-26)28(35)19-33(29(36)23-5-6-23)12-11-32-13-15-37-16-14-32/h3-4,7-10,17,23,27H,5-6,11-16,18-19H2,1-2H3/t27-/m0/s1. The van der Waals surface area contributed by atoms with Crippen molar-refractivity contribution in [3.8, 4) is 0 Å². The predicted molar refractivity (Wildman–Crippen MR) is 140 cm³/mol. The van der Waals surface area contributed by atoms with Gasteiger partial charge >= 0.3 is 0 Å². The van der Waals surface area contributed by atoms with E-state index < -0.39 is 0 Å². The Kier molecular flexibility index (Phi) is 7.67. The van der Waals surface area contributed by atoms with Gasteiger partial charge in [0.2, 0.25) is 5.91 Å². The van der Waals surface area contributed by atoms with Crippen molar-refractivity contribution in [3.63, 3.8) is 0 Å². The zero-order valence-corrected chi connectivity index (χ0v) is 21.7. The highest BCUT2D eigenvalue weighted by Gasteiger charge is 2.38. The van der Waals surface area contributed by atoms with Crippen LogP contribution in [-0.4, -0.2) is 78.3 Å². The van der Waals surface area contributed by atoms with Gasteiger partial charge in [0, 0.05) is 38.5 Å². The van der Waals surface area contributed by atoms with Crippen molar-refractivity contribution >= 4 is 17.5 Å². The monoisotopic (exact) mass is 506 g/mol. The summed E-state index contributed by atoms with van der Waals surface area (Å²) in [5.41, 5.74) is 4.97. The lowest BCUT2D eigenvalue weighted by atomic mass is 9.96. The maximum atomic E-state index is 13.7. The molecule has 0 spiro atoms.